The van der Waals surface area contributed by atoms with E-state index >= 15 is 0 Å². The van der Waals surface area contributed by atoms with E-state index in [2.05, 4.69) is 31.7 Å². The summed E-state index contributed by atoms with van der Waals surface area (Å²) in [5, 5.41) is 14.1. The van der Waals surface area contributed by atoms with Gasteiger partial charge in [0.15, 0.2) is 10.2 Å². The molecule has 4 N–H and O–H groups in total. The van der Waals surface area contributed by atoms with Gasteiger partial charge in [0, 0.05) is 14.1 Å². The number of nitrogens with one attached hydrogen (secondary N) is 4. The number of thiocarbonyl (C=S) groups is 2. The van der Waals surface area contributed by atoms with Crippen LogP contribution in [-0.2, 0) is 0 Å². The first-order chi connectivity index (χ1) is 8.10. The molecule has 0 saturated carbocycles. The molecule has 0 fully saturated rings. The summed E-state index contributed by atoms with van der Waals surface area (Å²) in [6, 6.07) is 0. The van der Waals surface area contributed by atoms with Crippen molar-refractivity contribution < 1.29 is 0 Å². The third kappa shape index (κ3) is 12.7. The third-order valence-corrected chi connectivity index (χ3v) is 1.80. The second-order valence-electron chi connectivity index (χ2n) is 2.39. The fourth-order valence-corrected chi connectivity index (χ4v) is 0.562. The summed E-state index contributed by atoms with van der Waals surface area (Å²) < 4.78 is 0. The van der Waals surface area contributed by atoms with Crippen molar-refractivity contribution in [1.29, 1.82) is 0 Å². The summed E-state index contributed by atoms with van der Waals surface area (Å²) in [6.07, 6.45) is 1.52. The molecule has 98 valence electrons. The molecule has 0 saturated heterocycles. The van der Waals surface area contributed by atoms with Crippen LogP contribution in [0.25, 0.3) is 0 Å². The Kier molecular flexibility index (Phi) is 13.6. The Labute approximate surface area is 113 Å². The largest absolute Gasteiger partial charge is 0.364 e. The van der Waals surface area contributed by atoms with E-state index < -0.39 is 0 Å². The van der Waals surface area contributed by atoms with Crippen molar-refractivity contribution in [2.45, 2.75) is 20.8 Å². The van der Waals surface area contributed by atoms with Crippen LogP contribution in [0.2, 0.25) is 0 Å². The van der Waals surface area contributed by atoms with Crippen LogP contribution in [0.1, 0.15) is 20.8 Å². The van der Waals surface area contributed by atoms with Gasteiger partial charge in [0.1, 0.15) is 0 Å². The molecule has 0 aromatic carbocycles. The Morgan fingerprint density at radius 1 is 1.00 bits per heavy atom. The zero-order valence-corrected chi connectivity index (χ0v) is 12.4. The molecule has 17 heavy (non-hydrogen) atoms. The molecule has 0 rings (SSSR count). The average Bonchev–Trinajstić information content (AvgIpc) is 2.37. The van der Waals surface area contributed by atoms with Crippen molar-refractivity contribution in [3.8, 4) is 0 Å². The SMILES string of the molecule is CC.CNC(=S)N/N=C/C(C)=N/NC(=S)NC. The van der Waals surface area contributed by atoms with Crippen molar-refractivity contribution in [3.63, 3.8) is 0 Å². The Hall–Kier alpha value is -1.28. The van der Waals surface area contributed by atoms with E-state index in [1.54, 1.807) is 21.0 Å². The van der Waals surface area contributed by atoms with Gasteiger partial charge in [-0.05, 0) is 31.4 Å². The van der Waals surface area contributed by atoms with Gasteiger partial charge in [-0.2, -0.15) is 10.2 Å². The Balaban J connectivity index is 0. The van der Waals surface area contributed by atoms with Crippen LogP contribution in [-0.4, -0.2) is 36.2 Å². The first-order valence-corrected chi connectivity index (χ1v) is 5.94. The first-order valence-electron chi connectivity index (χ1n) is 5.13. The van der Waals surface area contributed by atoms with Gasteiger partial charge >= 0.3 is 0 Å². The van der Waals surface area contributed by atoms with Crippen molar-refractivity contribution in [1.82, 2.24) is 21.5 Å². The molecule has 0 aliphatic rings. The predicted molar refractivity (Wildman–Crippen MR) is 82.5 cm³/mol. The maximum Gasteiger partial charge on any atom is 0.186 e. The molecule has 0 radical (unpaired) electrons. The van der Waals surface area contributed by atoms with Crippen LogP contribution in [0, 0.1) is 0 Å². The van der Waals surface area contributed by atoms with Crippen LogP contribution >= 0.6 is 24.4 Å². The molecule has 0 aromatic rings. The van der Waals surface area contributed by atoms with Crippen LogP contribution in [0.4, 0.5) is 0 Å². The Morgan fingerprint density at radius 3 is 1.94 bits per heavy atom. The number of hydrogen-bond acceptors (Lipinski definition) is 4. The molecule has 0 amide bonds. The molecule has 0 aliphatic carbocycles. The second-order valence-corrected chi connectivity index (χ2v) is 3.21. The van der Waals surface area contributed by atoms with E-state index in [0.29, 0.717) is 15.9 Å². The minimum Gasteiger partial charge on any atom is -0.364 e. The highest BCUT2D eigenvalue weighted by atomic mass is 32.1. The topological polar surface area (TPSA) is 72.8 Å². The Morgan fingerprint density at radius 2 is 1.47 bits per heavy atom. The van der Waals surface area contributed by atoms with Gasteiger partial charge in [0.2, 0.25) is 0 Å². The normalized spacial score (nSPS) is 10.1. The maximum atomic E-state index is 4.83. The number of nitrogens with zero attached hydrogens (tertiary/aromatic N) is 2. The molecule has 0 spiro atoms. The van der Waals surface area contributed by atoms with E-state index in [0.717, 1.165) is 0 Å². The van der Waals surface area contributed by atoms with E-state index in [1.807, 2.05) is 13.8 Å². The van der Waals surface area contributed by atoms with Gasteiger partial charge in [-0.1, -0.05) is 13.8 Å². The molecule has 8 heteroatoms. The lowest BCUT2D eigenvalue weighted by molar-refractivity contribution is 0.970. The zero-order valence-electron chi connectivity index (χ0n) is 10.8. The molecule has 0 heterocycles. The predicted octanol–water partition coefficient (Wildman–Crippen LogP) is 0.562. The molecule has 0 unspecified atom stereocenters. The second kappa shape index (κ2) is 12.8. The summed E-state index contributed by atoms with van der Waals surface area (Å²) in [7, 11) is 3.42. The highest BCUT2D eigenvalue weighted by Gasteiger charge is 1.89. The van der Waals surface area contributed by atoms with Crippen LogP contribution in [0.5, 0.6) is 0 Å². The van der Waals surface area contributed by atoms with Gasteiger partial charge in [0.05, 0.1) is 11.9 Å². The van der Waals surface area contributed by atoms with Gasteiger partial charge in [-0.3, -0.25) is 10.9 Å². The minimum atomic E-state index is 0.442. The number of hydrazone groups is 2. The molecule has 0 atom stereocenters. The van der Waals surface area contributed by atoms with Crippen LogP contribution in [0.3, 0.4) is 0 Å². The summed E-state index contributed by atoms with van der Waals surface area (Å²) in [5.74, 6) is 0. The molecular formula is C9H20N6S2. The summed E-state index contributed by atoms with van der Waals surface area (Å²) in [4.78, 5) is 0. The molecular weight excluding hydrogens is 256 g/mol. The van der Waals surface area contributed by atoms with Crippen LogP contribution < -0.4 is 21.5 Å². The van der Waals surface area contributed by atoms with Gasteiger partial charge in [-0.15, -0.1) is 0 Å². The fourth-order valence-electron chi connectivity index (χ4n) is 0.464. The molecule has 0 bridgehead atoms. The average molecular weight is 276 g/mol. The summed E-state index contributed by atoms with van der Waals surface area (Å²) >= 11 is 9.64. The fraction of sp³-hybridized carbons (Fsp3) is 0.556. The van der Waals surface area contributed by atoms with Crippen molar-refractivity contribution in [2.24, 2.45) is 10.2 Å². The molecule has 0 aliphatic heterocycles. The summed E-state index contributed by atoms with van der Waals surface area (Å²) in [5.41, 5.74) is 5.89. The lowest BCUT2D eigenvalue weighted by Gasteiger charge is -2.01. The minimum absolute atomic E-state index is 0.442. The van der Waals surface area contributed by atoms with E-state index in [4.69, 9.17) is 24.4 Å². The number of rotatable bonds is 3. The standard InChI is InChI=1S/C7H14N6S2.C2H6/c1-5(11-13-7(15)9-3)4-10-12-6(14)8-2;1-2/h4H,1-3H3,(H2,8,12,14)(H2,9,13,15);1-2H3/b10-4+,11-5+;. The quantitative estimate of drug-likeness (QED) is 0.343. The van der Waals surface area contributed by atoms with Gasteiger partial charge in [-0.25, -0.2) is 0 Å². The van der Waals surface area contributed by atoms with Gasteiger partial charge < -0.3 is 10.6 Å². The molecule has 0 aromatic heterocycles. The number of hydrogen-bond donors (Lipinski definition) is 4. The zero-order chi connectivity index (χ0) is 13.7. The van der Waals surface area contributed by atoms with Crippen molar-refractivity contribution >= 4 is 46.6 Å². The van der Waals surface area contributed by atoms with Gasteiger partial charge in [0.25, 0.3) is 0 Å². The van der Waals surface area contributed by atoms with Crippen molar-refractivity contribution in [2.75, 3.05) is 14.1 Å². The van der Waals surface area contributed by atoms with E-state index in [9.17, 15) is 0 Å². The first kappa shape index (κ1) is 18.1. The van der Waals surface area contributed by atoms with Crippen LogP contribution in [0.15, 0.2) is 10.2 Å². The van der Waals surface area contributed by atoms with Crippen molar-refractivity contribution in [3.05, 3.63) is 0 Å². The highest BCUT2D eigenvalue weighted by molar-refractivity contribution is 7.80. The smallest absolute Gasteiger partial charge is 0.186 e. The van der Waals surface area contributed by atoms with E-state index in [-0.39, 0.29) is 0 Å². The lowest BCUT2D eigenvalue weighted by Crippen LogP contribution is -2.30. The molecule has 6 nitrogen and oxygen atoms in total. The summed E-state index contributed by atoms with van der Waals surface area (Å²) in [6.45, 7) is 5.78. The maximum absolute atomic E-state index is 4.83. The highest BCUT2D eigenvalue weighted by Crippen LogP contribution is 1.72. The van der Waals surface area contributed by atoms with E-state index in [1.165, 1.54) is 6.21 Å². The Bertz CT molecular complexity index is 287. The lowest BCUT2D eigenvalue weighted by atomic mass is 10.5. The monoisotopic (exact) mass is 276 g/mol. The third-order valence-electron chi connectivity index (χ3n) is 1.21.